The predicted molar refractivity (Wildman–Crippen MR) is 77.2 cm³/mol. The average molecular weight is 269 g/mol. The summed E-state index contributed by atoms with van der Waals surface area (Å²) in [7, 11) is 0. The van der Waals surface area contributed by atoms with E-state index in [0.717, 1.165) is 11.1 Å². The molecular weight excluding hydrogens is 250 g/mol. The zero-order valence-electron chi connectivity index (χ0n) is 11.9. The Morgan fingerprint density at radius 2 is 1.80 bits per heavy atom. The third-order valence-electron chi connectivity index (χ3n) is 4.78. The third-order valence-corrected chi connectivity index (χ3v) is 4.78. The molecule has 1 saturated carbocycles. The Labute approximate surface area is 119 Å². The fraction of sp³-hybridized carbons (Fsp3) is 0.412. The molecule has 1 unspecified atom stereocenters. The zero-order chi connectivity index (χ0) is 14.4. The van der Waals surface area contributed by atoms with Crippen molar-refractivity contribution in [3.63, 3.8) is 0 Å². The van der Waals surface area contributed by atoms with Crippen LogP contribution in [0.1, 0.15) is 32.3 Å². The largest absolute Gasteiger partial charge is 0.352 e. The number of hydrogen-bond donors (Lipinski definition) is 1. The first-order valence-corrected chi connectivity index (χ1v) is 7.08. The van der Waals surface area contributed by atoms with Crippen LogP contribution in [0.4, 0.5) is 0 Å². The van der Waals surface area contributed by atoms with Crippen LogP contribution in [0.3, 0.4) is 0 Å². The summed E-state index contributed by atoms with van der Waals surface area (Å²) in [5, 5.41) is 2.95. The highest BCUT2D eigenvalue weighted by molar-refractivity contribution is 6.00. The molecule has 1 aromatic rings. The Kier molecular flexibility index (Phi) is 2.82. The normalized spacial score (nSPS) is 28.4. The monoisotopic (exact) mass is 269 g/mol. The quantitative estimate of drug-likeness (QED) is 0.796. The fourth-order valence-corrected chi connectivity index (χ4v) is 3.65. The Morgan fingerprint density at radius 3 is 2.50 bits per heavy atom. The molecule has 1 aliphatic heterocycles. The lowest BCUT2D eigenvalue weighted by Gasteiger charge is -2.48. The van der Waals surface area contributed by atoms with Crippen molar-refractivity contribution in [1.82, 2.24) is 5.32 Å². The van der Waals surface area contributed by atoms with Gasteiger partial charge in [-0.15, -0.1) is 0 Å². The van der Waals surface area contributed by atoms with E-state index in [4.69, 9.17) is 0 Å². The van der Waals surface area contributed by atoms with Crippen LogP contribution in [0.25, 0.3) is 0 Å². The summed E-state index contributed by atoms with van der Waals surface area (Å²) in [6.07, 6.45) is 3.05. The molecule has 0 spiro atoms. The molecule has 1 amide bonds. The van der Waals surface area contributed by atoms with Crippen LogP contribution in [0.5, 0.6) is 0 Å². The molecule has 2 aliphatic rings. The Bertz CT molecular complexity index is 601. The van der Waals surface area contributed by atoms with E-state index < -0.39 is 10.8 Å². The summed E-state index contributed by atoms with van der Waals surface area (Å²) < 4.78 is 0. The summed E-state index contributed by atoms with van der Waals surface area (Å²) in [6, 6.07) is 9.83. The summed E-state index contributed by atoms with van der Waals surface area (Å²) in [4.78, 5) is 25.0. The first-order valence-electron chi connectivity index (χ1n) is 7.08. The Hall–Kier alpha value is -1.90. The number of rotatable bonds is 1. The third kappa shape index (κ3) is 1.59. The molecule has 1 atom stereocenters. The van der Waals surface area contributed by atoms with E-state index in [1.807, 2.05) is 50.3 Å². The van der Waals surface area contributed by atoms with Gasteiger partial charge in [-0.3, -0.25) is 9.59 Å². The number of carbonyl (C=O) groups excluding carboxylic acids is 2. The number of amides is 1. The van der Waals surface area contributed by atoms with Gasteiger partial charge in [-0.2, -0.15) is 0 Å². The minimum Gasteiger partial charge on any atom is -0.352 e. The van der Waals surface area contributed by atoms with Crippen molar-refractivity contribution < 1.29 is 9.59 Å². The van der Waals surface area contributed by atoms with Gasteiger partial charge in [-0.05, 0) is 31.4 Å². The summed E-state index contributed by atoms with van der Waals surface area (Å²) in [5.74, 6) is 0.256. The van der Waals surface area contributed by atoms with Crippen LogP contribution < -0.4 is 5.32 Å². The maximum atomic E-state index is 12.7. The minimum atomic E-state index is -0.670. The van der Waals surface area contributed by atoms with Gasteiger partial charge < -0.3 is 5.32 Å². The van der Waals surface area contributed by atoms with Crippen LogP contribution in [0.2, 0.25) is 0 Å². The lowest BCUT2D eigenvalue weighted by molar-refractivity contribution is -0.133. The molecule has 1 aromatic carbocycles. The van der Waals surface area contributed by atoms with Crippen LogP contribution in [0, 0.1) is 5.41 Å². The molecule has 0 radical (unpaired) electrons. The Morgan fingerprint density at radius 1 is 1.10 bits per heavy atom. The number of Topliss-reactive ketones (excluding diaryl/α,β-unsaturated/α-hetero) is 1. The molecule has 0 bridgehead atoms. The summed E-state index contributed by atoms with van der Waals surface area (Å²) in [5.41, 5.74) is 0.725. The molecular formula is C17H19NO2. The number of benzene rings is 1. The maximum absolute atomic E-state index is 12.7. The molecule has 1 heterocycles. The molecule has 0 saturated heterocycles. The second-order valence-corrected chi connectivity index (χ2v) is 6.15. The fourth-order valence-electron chi connectivity index (χ4n) is 3.65. The van der Waals surface area contributed by atoms with Crippen molar-refractivity contribution in [2.24, 2.45) is 5.41 Å². The smallest absolute Gasteiger partial charge is 0.235 e. The van der Waals surface area contributed by atoms with Crippen LogP contribution in [-0.2, 0) is 15.0 Å². The lowest BCUT2D eigenvalue weighted by Crippen LogP contribution is -2.56. The zero-order valence-corrected chi connectivity index (χ0v) is 11.9. The number of fused-ring (bicyclic) bond motifs is 1. The highest BCUT2D eigenvalue weighted by Gasteiger charge is 2.55. The average Bonchev–Trinajstić information content (AvgIpc) is 2.45. The van der Waals surface area contributed by atoms with E-state index in [9.17, 15) is 9.59 Å². The van der Waals surface area contributed by atoms with Gasteiger partial charge in [-0.1, -0.05) is 36.4 Å². The molecule has 0 aromatic heterocycles. The molecule has 3 nitrogen and oxygen atoms in total. The first-order chi connectivity index (χ1) is 9.49. The second-order valence-electron chi connectivity index (χ2n) is 6.15. The number of nitrogens with one attached hydrogen (secondary N) is 1. The Balaban J connectivity index is 2.24. The van der Waals surface area contributed by atoms with Gasteiger partial charge in [0.1, 0.15) is 5.78 Å². The van der Waals surface area contributed by atoms with Crippen molar-refractivity contribution in [3.8, 4) is 0 Å². The van der Waals surface area contributed by atoms with Gasteiger partial charge in [0.15, 0.2) is 0 Å². The molecule has 3 rings (SSSR count). The van der Waals surface area contributed by atoms with Gasteiger partial charge in [0.25, 0.3) is 0 Å². The van der Waals surface area contributed by atoms with Crippen LogP contribution in [-0.4, -0.2) is 18.2 Å². The molecule has 1 N–H and O–H groups in total. The van der Waals surface area contributed by atoms with Gasteiger partial charge in [-0.25, -0.2) is 0 Å². The first kappa shape index (κ1) is 13.1. The second kappa shape index (κ2) is 4.30. The van der Waals surface area contributed by atoms with E-state index in [1.54, 1.807) is 0 Å². The van der Waals surface area contributed by atoms with Crippen molar-refractivity contribution in [2.45, 2.75) is 32.1 Å². The maximum Gasteiger partial charge on any atom is 0.235 e. The van der Waals surface area contributed by atoms with E-state index in [2.05, 4.69) is 5.32 Å². The molecule has 104 valence electrons. The lowest BCUT2D eigenvalue weighted by atomic mass is 9.55. The molecule has 20 heavy (non-hydrogen) atoms. The van der Waals surface area contributed by atoms with Crippen molar-refractivity contribution in [1.29, 1.82) is 0 Å². The van der Waals surface area contributed by atoms with Crippen molar-refractivity contribution in [3.05, 3.63) is 47.5 Å². The standard InChI is InChI=1S/C17H19NO2/c1-16(2)13-9-11-18-15(20)17(13,10-8-14(16)19)12-6-4-3-5-7-12/h3-7,9H,8,10-11H2,1-2H3,(H,18,20). The van der Waals surface area contributed by atoms with Crippen molar-refractivity contribution in [2.75, 3.05) is 6.54 Å². The van der Waals surface area contributed by atoms with E-state index in [-0.39, 0.29) is 11.7 Å². The molecule has 1 aliphatic carbocycles. The topological polar surface area (TPSA) is 46.2 Å². The van der Waals surface area contributed by atoms with E-state index in [0.29, 0.717) is 19.4 Å². The van der Waals surface area contributed by atoms with Gasteiger partial charge >= 0.3 is 0 Å². The predicted octanol–water partition coefficient (Wildman–Crippen LogP) is 2.37. The van der Waals surface area contributed by atoms with Gasteiger partial charge in [0, 0.05) is 18.4 Å². The summed E-state index contributed by atoms with van der Waals surface area (Å²) in [6.45, 7) is 4.40. The van der Waals surface area contributed by atoms with Crippen LogP contribution >= 0.6 is 0 Å². The van der Waals surface area contributed by atoms with Crippen LogP contribution in [0.15, 0.2) is 42.0 Å². The number of ketones is 1. The van der Waals surface area contributed by atoms with Gasteiger partial charge in [0.05, 0.1) is 5.41 Å². The SMILES string of the molecule is CC1(C)C(=O)CCC2(c3ccccc3)C(=O)NCC=C12. The van der Waals surface area contributed by atoms with E-state index >= 15 is 0 Å². The minimum absolute atomic E-state index is 0.0294. The number of hydrogen-bond acceptors (Lipinski definition) is 2. The summed E-state index contributed by atoms with van der Waals surface area (Å²) >= 11 is 0. The molecule has 3 heteroatoms. The van der Waals surface area contributed by atoms with Crippen molar-refractivity contribution >= 4 is 11.7 Å². The van der Waals surface area contributed by atoms with E-state index in [1.165, 1.54) is 0 Å². The number of carbonyl (C=O) groups is 2. The molecule has 1 fully saturated rings. The van der Waals surface area contributed by atoms with Gasteiger partial charge in [0.2, 0.25) is 5.91 Å². The highest BCUT2D eigenvalue weighted by atomic mass is 16.2. The highest BCUT2D eigenvalue weighted by Crippen LogP contribution is 2.51.